The van der Waals surface area contributed by atoms with Crippen LogP contribution in [-0.2, 0) is 20.8 Å². The van der Waals surface area contributed by atoms with E-state index in [0.717, 1.165) is 25.7 Å². The molecule has 27 heavy (non-hydrogen) atoms. The molecule has 3 amide bonds. The molecule has 140 valence electrons. The summed E-state index contributed by atoms with van der Waals surface area (Å²) < 4.78 is 0. The maximum atomic E-state index is 13.0. The molecule has 2 fully saturated rings. The second kappa shape index (κ2) is 6.04. The summed E-state index contributed by atoms with van der Waals surface area (Å²) in [5.41, 5.74) is 2.48. The molecule has 1 heterocycles. The van der Waals surface area contributed by atoms with Crippen molar-refractivity contribution >= 4 is 17.7 Å². The number of rotatable bonds is 3. The van der Waals surface area contributed by atoms with Gasteiger partial charge in [0.1, 0.15) is 6.54 Å². The predicted octanol–water partition coefficient (Wildman–Crippen LogP) is 2.33. The van der Waals surface area contributed by atoms with Crippen molar-refractivity contribution in [1.82, 2.24) is 9.80 Å². The maximum Gasteiger partial charge on any atom is 0.242 e. The topological polar surface area (TPSA) is 57.7 Å². The normalized spacial score (nSPS) is 33.4. The van der Waals surface area contributed by atoms with E-state index in [-0.39, 0.29) is 54.0 Å². The van der Waals surface area contributed by atoms with E-state index in [2.05, 4.69) is 24.3 Å². The van der Waals surface area contributed by atoms with Crippen LogP contribution >= 0.6 is 0 Å². The van der Waals surface area contributed by atoms with Gasteiger partial charge in [0.2, 0.25) is 17.7 Å². The molecular weight excluding hydrogens is 340 g/mol. The lowest BCUT2D eigenvalue weighted by molar-refractivity contribution is -0.147. The smallest absolute Gasteiger partial charge is 0.242 e. The molecule has 3 aliphatic carbocycles. The minimum Gasteiger partial charge on any atom is -0.337 e. The highest BCUT2D eigenvalue weighted by molar-refractivity contribution is 6.08. The summed E-state index contributed by atoms with van der Waals surface area (Å²) in [4.78, 5) is 41.6. The number of nitrogens with zero attached hydrogens (tertiary/aromatic N) is 2. The Balaban J connectivity index is 1.33. The number of benzene rings is 1. The van der Waals surface area contributed by atoms with Crippen LogP contribution in [0.3, 0.4) is 0 Å². The Labute approximate surface area is 159 Å². The molecule has 5 nitrogen and oxygen atoms in total. The van der Waals surface area contributed by atoms with E-state index in [1.807, 2.05) is 12.1 Å². The van der Waals surface area contributed by atoms with Crippen molar-refractivity contribution in [3.05, 3.63) is 47.5 Å². The van der Waals surface area contributed by atoms with Crippen LogP contribution in [0.15, 0.2) is 36.4 Å². The van der Waals surface area contributed by atoms with E-state index in [1.165, 1.54) is 16.0 Å². The van der Waals surface area contributed by atoms with Gasteiger partial charge in [-0.1, -0.05) is 36.4 Å². The number of allylic oxidation sites excluding steroid dienone is 2. The number of aryl methyl sites for hydroxylation is 1. The fourth-order valence-corrected chi connectivity index (χ4v) is 5.67. The Hall–Kier alpha value is -2.43. The highest BCUT2D eigenvalue weighted by atomic mass is 16.2. The van der Waals surface area contributed by atoms with Gasteiger partial charge in [-0.05, 0) is 48.6 Å². The van der Waals surface area contributed by atoms with E-state index in [1.54, 1.807) is 11.9 Å². The highest BCUT2D eigenvalue weighted by Gasteiger charge is 2.59. The molecule has 0 aromatic heterocycles. The second-order valence-electron chi connectivity index (χ2n) is 8.37. The SMILES string of the molecule is CN(C(=O)CN1C(=O)C2C3C=CC(C3)C2C1=O)C1CCCc2ccccc21. The third kappa shape index (κ3) is 2.40. The van der Waals surface area contributed by atoms with E-state index in [4.69, 9.17) is 0 Å². The number of likely N-dealkylation sites (tertiary alicyclic amines) is 1. The number of amides is 3. The summed E-state index contributed by atoms with van der Waals surface area (Å²) in [6.45, 7) is -0.126. The van der Waals surface area contributed by atoms with E-state index in [9.17, 15) is 14.4 Å². The number of hydrogen-bond donors (Lipinski definition) is 0. The fraction of sp³-hybridized carbons (Fsp3) is 0.500. The third-order valence-electron chi connectivity index (χ3n) is 7.05. The number of fused-ring (bicyclic) bond motifs is 6. The van der Waals surface area contributed by atoms with Crippen LogP contribution in [0.2, 0.25) is 0 Å². The zero-order chi connectivity index (χ0) is 18.7. The van der Waals surface area contributed by atoms with Crippen LogP contribution in [0.1, 0.15) is 36.4 Å². The highest BCUT2D eigenvalue weighted by Crippen LogP contribution is 2.52. The second-order valence-corrected chi connectivity index (χ2v) is 8.37. The van der Waals surface area contributed by atoms with Crippen LogP contribution < -0.4 is 0 Å². The van der Waals surface area contributed by atoms with Crippen LogP contribution in [-0.4, -0.2) is 41.1 Å². The Kier molecular flexibility index (Phi) is 3.74. The van der Waals surface area contributed by atoms with Gasteiger partial charge in [-0.3, -0.25) is 19.3 Å². The average molecular weight is 364 g/mol. The van der Waals surface area contributed by atoms with E-state index >= 15 is 0 Å². The number of hydrogen-bond acceptors (Lipinski definition) is 3. The van der Waals surface area contributed by atoms with Gasteiger partial charge in [-0.2, -0.15) is 0 Å². The fourth-order valence-electron chi connectivity index (χ4n) is 5.67. The number of carbonyl (C=O) groups is 3. The van der Waals surface area contributed by atoms with Gasteiger partial charge in [-0.25, -0.2) is 0 Å². The first-order chi connectivity index (χ1) is 13.1. The van der Waals surface area contributed by atoms with Crippen LogP contribution in [0, 0.1) is 23.7 Å². The Morgan fingerprint density at radius 1 is 1.11 bits per heavy atom. The van der Waals surface area contributed by atoms with Crippen LogP contribution in [0.25, 0.3) is 0 Å². The van der Waals surface area contributed by atoms with Crippen molar-refractivity contribution in [1.29, 1.82) is 0 Å². The van der Waals surface area contributed by atoms with Gasteiger partial charge < -0.3 is 4.90 Å². The Morgan fingerprint density at radius 3 is 2.48 bits per heavy atom. The molecule has 1 saturated carbocycles. The van der Waals surface area contributed by atoms with E-state index < -0.39 is 0 Å². The molecular formula is C22H24N2O3. The summed E-state index contributed by atoms with van der Waals surface area (Å²) in [7, 11) is 1.80. The van der Waals surface area contributed by atoms with Crippen molar-refractivity contribution in [2.45, 2.75) is 31.7 Å². The van der Waals surface area contributed by atoms with Gasteiger partial charge in [0, 0.05) is 7.05 Å². The molecule has 1 aliphatic heterocycles. The molecule has 0 N–H and O–H groups in total. The lowest BCUT2D eigenvalue weighted by atomic mass is 9.85. The average Bonchev–Trinajstić information content (AvgIpc) is 3.37. The first-order valence-corrected chi connectivity index (χ1v) is 9.93. The molecule has 2 bridgehead atoms. The minimum absolute atomic E-state index is 0.0209. The first-order valence-electron chi connectivity index (χ1n) is 9.93. The summed E-state index contributed by atoms with van der Waals surface area (Å²) in [6.07, 6.45) is 8.06. The largest absolute Gasteiger partial charge is 0.337 e. The van der Waals surface area contributed by atoms with Gasteiger partial charge in [-0.15, -0.1) is 0 Å². The summed E-state index contributed by atoms with van der Waals surface area (Å²) in [6, 6.07) is 8.27. The van der Waals surface area contributed by atoms with Crippen molar-refractivity contribution in [2.75, 3.05) is 13.6 Å². The van der Waals surface area contributed by atoms with Crippen molar-refractivity contribution < 1.29 is 14.4 Å². The molecule has 0 radical (unpaired) electrons. The molecule has 5 rings (SSSR count). The summed E-state index contributed by atoms with van der Waals surface area (Å²) >= 11 is 0. The molecule has 1 aromatic carbocycles. The van der Waals surface area contributed by atoms with Crippen LogP contribution in [0.4, 0.5) is 0 Å². The minimum atomic E-state index is -0.235. The molecule has 4 aliphatic rings. The van der Waals surface area contributed by atoms with Crippen molar-refractivity contribution in [2.24, 2.45) is 23.7 Å². The molecule has 5 unspecified atom stereocenters. The summed E-state index contributed by atoms with van der Waals surface area (Å²) in [5.74, 6) is -0.556. The number of carbonyl (C=O) groups excluding carboxylic acids is 3. The molecule has 5 atom stereocenters. The third-order valence-corrected chi connectivity index (χ3v) is 7.05. The van der Waals surface area contributed by atoms with Crippen molar-refractivity contribution in [3.8, 4) is 0 Å². The van der Waals surface area contributed by atoms with Gasteiger partial charge in [0.25, 0.3) is 0 Å². The van der Waals surface area contributed by atoms with Gasteiger partial charge >= 0.3 is 0 Å². The lowest BCUT2D eigenvalue weighted by Crippen LogP contribution is -2.44. The maximum absolute atomic E-state index is 13.0. The van der Waals surface area contributed by atoms with Crippen molar-refractivity contribution in [3.63, 3.8) is 0 Å². The zero-order valence-corrected chi connectivity index (χ0v) is 15.5. The lowest BCUT2D eigenvalue weighted by Gasteiger charge is -2.34. The predicted molar refractivity (Wildman–Crippen MR) is 99.3 cm³/mol. The van der Waals surface area contributed by atoms with Gasteiger partial charge in [0.15, 0.2) is 0 Å². The van der Waals surface area contributed by atoms with Gasteiger partial charge in [0.05, 0.1) is 17.9 Å². The van der Waals surface area contributed by atoms with Crippen LogP contribution in [0.5, 0.6) is 0 Å². The number of likely N-dealkylation sites (N-methyl/N-ethyl adjacent to an activating group) is 1. The standard InChI is InChI=1S/C22H24N2O3/c1-23(17-8-4-6-13-5-2-3-7-16(13)17)18(25)12-24-21(26)19-14-9-10-15(11-14)20(19)22(24)27/h2-3,5,7,9-10,14-15,17,19-20H,4,6,8,11-12H2,1H3. The number of imide groups is 1. The molecule has 1 saturated heterocycles. The molecule has 1 aromatic rings. The summed E-state index contributed by atoms with van der Waals surface area (Å²) in [5, 5.41) is 0. The Morgan fingerprint density at radius 2 is 1.78 bits per heavy atom. The first kappa shape index (κ1) is 16.7. The monoisotopic (exact) mass is 364 g/mol. The molecule has 0 spiro atoms. The molecule has 5 heteroatoms. The van der Waals surface area contributed by atoms with E-state index in [0.29, 0.717) is 0 Å². The Bertz CT molecular complexity index is 831. The quantitative estimate of drug-likeness (QED) is 0.611. The zero-order valence-electron chi connectivity index (χ0n) is 15.5.